The van der Waals surface area contributed by atoms with Gasteiger partial charge in [-0.3, -0.25) is 4.79 Å². The van der Waals surface area contributed by atoms with Crippen molar-refractivity contribution in [1.29, 1.82) is 0 Å². The number of nitrogens with two attached hydrogens (primary N) is 1. The van der Waals surface area contributed by atoms with E-state index in [9.17, 15) is 4.79 Å². The van der Waals surface area contributed by atoms with Crippen LogP contribution in [0.15, 0.2) is 47.4 Å². The molecule has 0 atom stereocenters. The van der Waals surface area contributed by atoms with Gasteiger partial charge >= 0.3 is 0 Å². The number of amides is 1. The van der Waals surface area contributed by atoms with Crippen LogP contribution in [0, 0.1) is 6.92 Å². The number of nitrogen functional groups attached to an aromatic ring is 1. The lowest BCUT2D eigenvalue weighted by Crippen LogP contribution is -2.14. The molecule has 0 aromatic heterocycles. The van der Waals surface area contributed by atoms with E-state index < -0.39 is 0 Å². The van der Waals surface area contributed by atoms with E-state index in [1.165, 1.54) is 11.8 Å². The van der Waals surface area contributed by atoms with E-state index >= 15 is 0 Å². The second-order valence-corrected chi connectivity index (χ2v) is 5.76. The molecular formula is C15H15ClN2OS. The van der Waals surface area contributed by atoms with Gasteiger partial charge in [-0.05, 0) is 42.8 Å². The molecule has 0 bridgehead atoms. The minimum atomic E-state index is -0.0695. The van der Waals surface area contributed by atoms with Gasteiger partial charge in [-0.25, -0.2) is 0 Å². The summed E-state index contributed by atoms with van der Waals surface area (Å²) in [5.74, 6) is 0.246. The third-order valence-corrected chi connectivity index (χ3v) is 4.23. The summed E-state index contributed by atoms with van der Waals surface area (Å²) in [6, 6.07) is 12.9. The molecule has 0 saturated heterocycles. The van der Waals surface area contributed by atoms with Crippen LogP contribution in [0.25, 0.3) is 0 Å². The summed E-state index contributed by atoms with van der Waals surface area (Å²) in [6.45, 7) is 1.90. The van der Waals surface area contributed by atoms with Crippen LogP contribution < -0.4 is 11.1 Å². The monoisotopic (exact) mass is 306 g/mol. The van der Waals surface area contributed by atoms with Crippen molar-refractivity contribution in [3.05, 3.63) is 53.1 Å². The number of benzene rings is 2. The molecule has 2 aromatic rings. The fourth-order valence-corrected chi connectivity index (χ4v) is 2.56. The summed E-state index contributed by atoms with van der Waals surface area (Å²) in [5.41, 5.74) is 8.20. The van der Waals surface area contributed by atoms with E-state index in [1.807, 2.05) is 37.3 Å². The van der Waals surface area contributed by atoms with Crippen molar-refractivity contribution in [3.63, 3.8) is 0 Å². The predicted octanol–water partition coefficient (Wildman–Crippen LogP) is 3.96. The SMILES string of the molecule is Cc1cc(NC(=O)CSc2ccccc2N)ccc1Cl. The van der Waals surface area contributed by atoms with Crippen molar-refractivity contribution in [2.75, 3.05) is 16.8 Å². The molecule has 0 aliphatic rings. The number of halogens is 1. The van der Waals surface area contributed by atoms with Gasteiger partial charge in [0.2, 0.25) is 5.91 Å². The Labute approximate surface area is 127 Å². The fourth-order valence-electron chi connectivity index (χ4n) is 1.67. The Morgan fingerprint density at radius 1 is 1.30 bits per heavy atom. The number of nitrogens with one attached hydrogen (secondary N) is 1. The first-order valence-electron chi connectivity index (χ1n) is 6.09. The lowest BCUT2D eigenvalue weighted by molar-refractivity contribution is -0.113. The van der Waals surface area contributed by atoms with Gasteiger partial charge in [0.1, 0.15) is 0 Å². The summed E-state index contributed by atoms with van der Waals surface area (Å²) in [6.07, 6.45) is 0. The van der Waals surface area contributed by atoms with E-state index in [2.05, 4.69) is 5.32 Å². The molecule has 20 heavy (non-hydrogen) atoms. The predicted molar refractivity (Wildman–Crippen MR) is 86.4 cm³/mol. The van der Waals surface area contributed by atoms with Crippen molar-refractivity contribution < 1.29 is 4.79 Å². The van der Waals surface area contributed by atoms with Crippen molar-refractivity contribution in [3.8, 4) is 0 Å². The van der Waals surface area contributed by atoms with Crippen molar-refractivity contribution in [2.45, 2.75) is 11.8 Å². The molecule has 2 aromatic carbocycles. The number of aryl methyl sites for hydroxylation is 1. The molecular weight excluding hydrogens is 292 g/mol. The van der Waals surface area contributed by atoms with Gasteiger partial charge in [0, 0.05) is 21.3 Å². The molecule has 0 aliphatic heterocycles. The van der Waals surface area contributed by atoms with Gasteiger partial charge < -0.3 is 11.1 Å². The summed E-state index contributed by atoms with van der Waals surface area (Å²) in [5, 5.41) is 3.53. The Kier molecular flexibility index (Phi) is 4.93. The highest BCUT2D eigenvalue weighted by atomic mass is 35.5. The number of carbonyl (C=O) groups is 1. The Hall–Kier alpha value is -1.65. The molecule has 0 saturated carbocycles. The molecule has 0 spiro atoms. The minimum Gasteiger partial charge on any atom is -0.398 e. The quantitative estimate of drug-likeness (QED) is 0.664. The Balaban J connectivity index is 1.93. The van der Waals surface area contributed by atoms with Gasteiger partial charge in [-0.15, -0.1) is 11.8 Å². The zero-order valence-electron chi connectivity index (χ0n) is 11.0. The maximum absolute atomic E-state index is 11.9. The summed E-state index contributed by atoms with van der Waals surface area (Å²) in [4.78, 5) is 12.8. The van der Waals surface area contributed by atoms with E-state index in [-0.39, 0.29) is 5.91 Å². The second-order valence-electron chi connectivity index (χ2n) is 4.34. The molecule has 0 heterocycles. The number of hydrogen-bond donors (Lipinski definition) is 2. The second kappa shape index (κ2) is 6.68. The lowest BCUT2D eigenvalue weighted by atomic mass is 10.2. The van der Waals surface area contributed by atoms with Gasteiger partial charge in [-0.1, -0.05) is 23.7 Å². The summed E-state index contributed by atoms with van der Waals surface area (Å²) >= 11 is 7.36. The van der Waals surface area contributed by atoms with E-state index in [0.717, 1.165) is 16.1 Å². The van der Waals surface area contributed by atoms with Crippen molar-refractivity contribution >= 4 is 40.6 Å². The highest BCUT2D eigenvalue weighted by molar-refractivity contribution is 8.00. The number of para-hydroxylation sites is 1. The number of hydrogen-bond acceptors (Lipinski definition) is 3. The zero-order chi connectivity index (χ0) is 14.5. The molecule has 3 N–H and O–H groups in total. The first-order valence-corrected chi connectivity index (χ1v) is 7.46. The normalized spacial score (nSPS) is 10.3. The molecule has 1 amide bonds. The number of rotatable bonds is 4. The minimum absolute atomic E-state index is 0.0695. The van der Waals surface area contributed by atoms with Crippen LogP contribution in [-0.4, -0.2) is 11.7 Å². The Bertz CT molecular complexity index is 631. The molecule has 0 aliphatic carbocycles. The van der Waals surface area contributed by atoms with Gasteiger partial charge in [0.15, 0.2) is 0 Å². The highest BCUT2D eigenvalue weighted by Crippen LogP contribution is 2.25. The third kappa shape index (κ3) is 3.92. The van der Waals surface area contributed by atoms with Crippen molar-refractivity contribution in [1.82, 2.24) is 0 Å². The average Bonchev–Trinajstić information content (AvgIpc) is 2.42. The average molecular weight is 307 g/mol. The van der Waals surface area contributed by atoms with Crippen LogP contribution in [0.4, 0.5) is 11.4 Å². The summed E-state index contributed by atoms with van der Waals surface area (Å²) in [7, 11) is 0. The topological polar surface area (TPSA) is 55.1 Å². The van der Waals surface area contributed by atoms with Gasteiger partial charge in [-0.2, -0.15) is 0 Å². The van der Waals surface area contributed by atoms with E-state index in [1.54, 1.807) is 12.1 Å². The number of thioether (sulfide) groups is 1. The van der Waals surface area contributed by atoms with Crippen LogP contribution in [0.3, 0.4) is 0 Å². The van der Waals surface area contributed by atoms with E-state index in [0.29, 0.717) is 16.5 Å². The fraction of sp³-hybridized carbons (Fsp3) is 0.133. The van der Waals surface area contributed by atoms with Crippen LogP contribution in [0.2, 0.25) is 5.02 Å². The molecule has 0 unspecified atom stereocenters. The third-order valence-electron chi connectivity index (χ3n) is 2.72. The van der Waals surface area contributed by atoms with Crippen molar-refractivity contribution in [2.24, 2.45) is 0 Å². The van der Waals surface area contributed by atoms with Crippen LogP contribution in [-0.2, 0) is 4.79 Å². The lowest BCUT2D eigenvalue weighted by Gasteiger charge is -2.08. The molecule has 5 heteroatoms. The maximum atomic E-state index is 11.9. The first kappa shape index (κ1) is 14.8. The Morgan fingerprint density at radius 2 is 2.05 bits per heavy atom. The molecule has 3 nitrogen and oxygen atoms in total. The van der Waals surface area contributed by atoms with Crippen LogP contribution in [0.1, 0.15) is 5.56 Å². The van der Waals surface area contributed by atoms with Gasteiger partial charge in [0.25, 0.3) is 0 Å². The molecule has 104 valence electrons. The Morgan fingerprint density at radius 3 is 2.75 bits per heavy atom. The van der Waals surface area contributed by atoms with Crippen LogP contribution in [0.5, 0.6) is 0 Å². The van der Waals surface area contributed by atoms with Crippen LogP contribution >= 0.6 is 23.4 Å². The highest BCUT2D eigenvalue weighted by Gasteiger charge is 2.06. The molecule has 0 radical (unpaired) electrons. The van der Waals surface area contributed by atoms with Gasteiger partial charge in [0.05, 0.1) is 5.75 Å². The number of carbonyl (C=O) groups excluding carboxylic acids is 1. The standard InChI is InChI=1S/C15H15ClN2OS/c1-10-8-11(6-7-12(10)16)18-15(19)9-20-14-5-3-2-4-13(14)17/h2-8H,9,17H2,1H3,(H,18,19). The maximum Gasteiger partial charge on any atom is 0.234 e. The molecule has 0 fully saturated rings. The summed E-state index contributed by atoms with van der Waals surface area (Å²) < 4.78 is 0. The largest absolute Gasteiger partial charge is 0.398 e. The van der Waals surface area contributed by atoms with E-state index in [4.69, 9.17) is 17.3 Å². The molecule has 2 rings (SSSR count). The first-order chi connectivity index (χ1) is 9.56. The zero-order valence-corrected chi connectivity index (χ0v) is 12.6. The smallest absolute Gasteiger partial charge is 0.234 e. The number of anilines is 2.